The van der Waals surface area contributed by atoms with Gasteiger partial charge >= 0.3 is 0 Å². The largest absolute Gasteiger partial charge is 0.396 e. The van der Waals surface area contributed by atoms with Crippen LogP contribution in [-0.2, 0) is 0 Å². The second-order valence-corrected chi connectivity index (χ2v) is 3.81. The van der Waals surface area contributed by atoms with Gasteiger partial charge in [-0.25, -0.2) is 4.98 Å². The Morgan fingerprint density at radius 1 is 1.17 bits per heavy atom. The molecule has 0 amide bonds. The number of nitrogens with zero attached hydrogens (tertiary/aromatic N) is 3. The lowest BCUT2D eigenvalue weighted by Crippen LogP contribution is -2.20. The number of pyridine rings is 1. The molecule has 0 aliphatic rings. The number of rotatable bonds is 4. The Kier molecular flexibility index (Phi) is 3.77. The Balaban J connectivity index is 2.38. The third-order valence-electron chi connectivity index (χ3n) is 2.59. The molecule has 0 atom stereocenters. The lowest BCUT2D eigenvalue weighted by molar-refractivity contribution is 0.929. The summed E-state index contributed by atoms with van der Waals surface area (Å²) in [6.07, 6.45) is 2.12. The molecular formula is C14H14N4. The van der Waals surface area contributed by atoms with Crippen LogP contribution < -0.4 is 10.6 Å². The summed E-state index contributed by atoms with van der Waals surface area (Å²) in [5.74, 6) is 0.693. The summed E-state index contributed by atoms with van der Waals surface area (Å²) in [5.41, 5.74) is 7.54. The van der Waals surface area contributed by atoms with Crippen LogP contribution in [0.5, 0.6) is 0 Å². The molecule has 0 saturated heterocycles. The SMILES string of the molecule is N#CCCN(c1ccccc1)c1ncccc1N. The van der Waals surface area contributed by atoms with Crippen LogP contribution in [0.4, 0.5) is 17.2 Å². The molecule has 1 aromatic carbocycles. The van der Waals surface area contributed by atoms with E-state index < -0.39 is 0 Å². The van der Waals surface area contributed by atoms with E-state index in [1.165, 1.54) is 0 Å². The smallest absolute Gasteiger partial charge is 0.156 e. The summed E-state index contributed by atoms with van der Waals surface area (Å²) in [5, 5.41) is 8.75. The van der Waals surface area contributed by atoms with Crippen LogP contribution in [0.3, 0.4) is 0 Å². The number of nitrogens with two attached hydrogens (primary N) is 1. The van der Waals surface area contributed by atoms with E-state index >= 15 is 0 Å². The lowest BCUT2D eigenvalue weighted by atomic mass is 10.2. The van der Waals surface area contributed by atoms with Crippen LogP contribution in [0, 0.1) is 11.3 Å². The molecule has 2 N–H and O–H groups in total. The van der Waals surface area contributed by atoms with Crippen LogP contribution in [-0.4, -0.2) is 11.5 Å². The fourth-order valence-electron chi connectivity index (χ4n) is 1.76. The molecule has 0 bridgehead atoms. The van der Waals surface area contributed by atoms with Crippen molar-refractivity contribution < 1.29 is 0 Å². The number of aromatic nitrogens is 1. The van der Waals surface area contributed by atoms with E-state index in [1.54, 1.807) is 12.3 Å². The van der Waals surface area contributed by atoms with E-state index in [9.17, 15) is 0 Å². The lowest BCUT2D eigenvalue weighted by Gasteiger charge is -2.23. The fourth-order valence-corrected chi connectivity index (χ4v) is 1.76. The summed E-state index contributed by atoms with van der Waals surface area (Å²) in [6, 6.07) is 15.6. The molecule has 4 heteroatoms. The Hall–Kier alpha value is -2.54. The van der Waals surface area contributed by atoms with Crippen LogP contribution in [0.1, 0.15) is 6.42 Å². The minimum Gasteiger partial charge on any atom is -0.396 e. The van der Waals surface area contributed by atoms with Crippen molar-refractivity contribution in [1.29, 1.82) is 5.26 Å². The predicted octanol–water partition coefficient (Wildman–Crippen LogP) is 2.72. The van der Waals surface area contributed by atoms with Gasteiger partial charge in [0.05, 0.1) is 18.2 Å². The number of anilines is 3. The maximum absolute atomic E-state index is 8.75. The van der Waals surface area contributed by atoms with Gasteiger partial charge in [-0.05, 0) is 24.3 Å². The van der Waals surface area contributed by atoms with Crippen molar-refractivity contribution in [2.45, 2.75) is 6.42 Å². The number of hydrogen-bond acceptors (Lipinski definition) is 4. The highest BCUT2D eigenvalue weighted by atomic mass is 15.2. The van der Waals surface area contributed by atoms with Gasteiger partial charge in [0.1, 0.15) is 0 Å². The topological polar surface area (TPSA) is 65.9 Å². The number of nitrogen functional groups attached to an aromatic ring is 1. The average molecular weight is 238 g/mol. The van der Waals surface area contributed by atoms with Crippen molar-refractivity contribution in [1.82, 2.24) is 4.98 Å². The summed E-state index contributed by atoms with van der Waals surface area (Å²) in [4.78, 5) is 6.26. The van der Waals surface area contributed by atoms with Crippen molar-refractivity contribution >= 4 is 17.2 Å². The third kappa shape index (κ3) is 2.58. The molecule has 4 nitrogen and oxygen atoms in total. The molecule has 0 aliphatic heterocycles. The molecule has 2 rings (SSSR count). The highest BCUT2D eigenvalue weighted by Crippen LogP contribution is 2.27. The number of benzene rings is 1. The average Bonchev–Trinajstić information content (AvgIpc) is 2.42. The summed E-state index contributed by atoms with van der Waals surface area (Å²) in [6.45, 7) is 0.571. The Morgan fingerprint density at radius 2 is 1.94 bits per heavy atom. The Morgan fingerprint density at radius 3 is 2.61 bits per heavy atom. The highest BCUT2D eigenvalue weighted by molar-refractivity contribution is 5.70. The van der Waals surface area contributed by atoms with Gasteiger partial charge in [-0.3, -0.25) is 0 Å². The molecular weight excluding hydrogens is 224 g/mol. The first-order valence-corrected chi connectivity index (χ1v) is 5.73. The minimum absolute atomic E-state index is 0.422. The van der Waals surface area contributed by atoms with Crippen LogP contribution in [0.25, 0.3) is 0 Å². The number of hydrogen-bond donors (Lipinski definition) is 1. The zero-order valence-electron chi connectivity index (χ0n) is 9.95. The van der Waals surface area contributed by atoms with Crippen LogP contribution in [0.15, 0.2) is 48.7 Å². The maximum atomic E-state index is 8.75. The molecule has 1 heterocycles. The zero-order valence-corrected chi connectivity index (χ0v) is 9.95. The first-order valence-electron chi connectivity index (χ1n) is 5.73. The molecule has 0 radical (unpaired) electrons. The van der Waals surface area contributed by atoms with Crippen molar-refractivity contribution in [2.75, 3.05) is 17.2 Å². The zero-order chi connectivity index (χ0) is 12.8. The molecule has 0 unspecified atom stereocenters. The fraction of sp³-hybridized carbons (Fsp3) is 0.143. The van der Waals surface area contributed by atoms with Crippen LogP contribution >= 0.6 is 0 Å². The normalized spacial score (nSPS) is 9.72. The minimum atomic E-state index is 0.422. The van der Waals surface area contributed by atoms with E-state index in [4.69, 9.17) is 11.0 Å². The van der Waals surface area contributed by atoms with E-state index in [0.717, 1.165) is 5.69 Å². The summed E-state index contributed by atoms with van der Waals surface area (Å²) in [7, 11) is 0. The predicted molar refractivity (Wildman–Crippen MR) is 72.3 cm³/mol. The van der Waals surface area contributed by atoms with Crippen molar-refractivity contribution in [2.24, 2.45) is 0 Å². The van der Waals surface area contributed by atoms with E-state index in [1.807, 2.05) is 41.3 Å². The van der Waals surface area contributed by atoms with Gasteiger partial charge in [0.25, 0.3) is 0 Å². The number of nitriles is 1. The van der Waals surface area contributed by atoms with Gasteiger partial charge in [-0.2, -0.15) is 5.26 Å². The van der Waals surface area contributed by atoms with Gasteiger partial charge in [0.2, 0.25) is 0 Å². The summed E-state index contributed by atoms with van der Waals surface area (Å²) < 4.78 is 0. The number of para-hydroxylation sites is 1. The molecule has 0 spiro atoms. The molecule has 0 fully saturated rings. The third-order valence-corrected chi connectivity index (χ3v) is 2.59. The Bertz CT molecular complexity index is 545. The first kappa shape index (κ1) is 11.9. The molecule has 18 heavy (non-hydrogen) atoms. The monoisotopic (exact) mass is 238 g/mol. The van der Waals surface area contributed by atoms with E-state index in [-0.39, 0.29) is 0 Å². The molecule has 0 saturated carbocycles. The molecule has 90 valence electrons. The standard InChI is InChI=1S/C14H14N4/c15-9-5-11-18(12-6-2-1-3-7-12)14-13(16)8-4-10-17-14/h1-4,6-8,10H,5,11,16H2. The van der Waals surface area contributed by atoms with E-state index in [2.05, 4.69) is 11.1 Å². The van der Waals surface area contributed by atoms with Gasteiger partial charge in [-0.15, -0.1) is 0 Å². The molecule has 2 aromatic rings. The quantitative estimate of drug-likeness (QED) is 0.889. The molecule has 1 aromatic heterocycles. The maximum Gasteiger partial charge on any atom is 0.156 e. The van der Waals surface area contributed by atoms with Gasteiger partial charge in [0.15, 0.2) is 5.82 Å². The van der Waals surface area contributed by atoms with Crippen molar-refractivity contribution in [3.63, 3.8) is 0 Å². The van der Waals surface area contributed by atoms with Gasteiger partial charge in [-0.1, -0.05) is 18.2 Å². The van der Waals surface area contributed by atoms with E-state index in [0.29, 0.717) is 24.5 Å². The van der Waals surface area contributed by atoms with Crippen molar-refractivity contribution in [3.05, 3.63) is 48.7 Å². The highest BCUT2D eigenvalue weighted by Gasteiger charge is 2.12. The second-order valence-electron chi connectivity index (χ2n) is 3.81. The molecule has 0 aliphatic carbocycles. The van der Waals surface area contributed by atoms with Crippen LogP contribution in [0.2, 0.25) is 0 Å². The van der Waals surface area contributed by atoms with Gasteiger partial charge < -0.3 is 10.6 Å². The van der Waals surface area contributed by atoms with Crippen molar-refractivity contribution in [3.8, 4) is 6.07 Å². The first-order chi connectivity index (χ1) is 8.83. The van der Waals surface area contributed by atoms with Gasteiger partial charge in [0, 0.05) is 18.4 Å². The second kappa shape index (κ2) is 5.69. The Labute approximate surface area is 106 Å². The summed E-state index contributed by atoms with van der Waals surface area (Å²) >= 11 is 0.